The summed E-state index contributed by atoms with van der Waals surface area (Å²) in [4.78, 5) is 29.3. The molecule has 0 aliphatic carbocycles. The average Bonchev–Trinajstić information content (AvgIpc) is 2.60. The zero-order chi connectivity index (χ0) is 13.2. The van der Waals surface area contributed by atoms with Crippen molar-refractivity contribution in [1.82, 2.24) is 15.2 Å². The Balaban J connectivity index is 2.34. The molecule has 3 amide bonds. The molecule has 2 rings (SSSR count). The van der Waals surface area contributed by atoms with Crippen LogP contribution in [0.5, 0.6) is 0 Å². The number of urea groups is 1. The van der Waals surface area contributed by atoms with E-state index in [1.807, 2.05) is 0 Å². The standard InChI is InChI=1S/C13H13N3O2/c1-3-4-9-16-11(17)13(2,15-12(16)18)10-7-5-6-8-14-10/h5-8H,9H2,1-2H3,(H,15,18)/t13-/m0/s1. The first-order valence-electron chi connectivity index (χ1n) is 5.55. The van der Waals surface area contributed by atoms with Crippen LogP contribution in [0.25, 0.3) is 0 Å². The molecule has 1 saturated heterocycles. The monoisotopic (exact) mass is 243 g/mol. The van der Waals surface area contributed by atoms with Crippen molar-refractivity contribution in [1.29, 1.82) is 0 Å². The van der Waals surface area contributed by atoms with Gasteiger partial charge in [-0.15, -0.1) is 5.92 Å². The molecule has 5 nitrogen and oxygen atoms in total. The van der Waals surface area contributed by atoms with Gasteiger partial charge in [0.05, 0.1) is 12.2 Å². The Morgan fingerprint density at radius 2 is 2.22 bits per heavy atom. The van der Waals surface area contributed by atoms with Gasteiger partial charge < -0.3 is 5.32 Å². The summed E-state index contributed by atoms with van der Waals surface area (Å²) in [6.45, 7) is 3.41. The summed E-state index contributed by atoms with van der Waals surface area (Å²) in [6, 6.07) is 4.82. The van der Waals surface area contributed by atoms with Crippen LogP contribution in [0.2, 0.25) is 0 Å². The molecule has 1 aromatic heterocycles. The minimum Gasteiger partial charge on any atom is -0.318 e. The van der Waals surface area contributed by atoms with E-state index in [9.17, 15) is 9.59 Å². The molecule has 0 spiro atoms. The molecule has 1 N–H and O–H groups in total. The molecule has 0 saturated carbocycles. The number of amides is 3. The fourth-order valence-corrected chi connectivity index (χ4v) is 1.83. The Morgan fingerprint density at radius 3 is 2.83 bits per heavy atom. The second kappa shape index (κ2) is 4.49. The third kappa shape index (κ3) is 1.82. The van der Waals surface area contributed by atoms with Crippen molar-refractivity contribution >= 4 is 11.9 Å². The minimum absolute atomic E-state index is 0.101. The van der Waals surface area contributed by atoms with Crippen LogP contribution in [0.15, 0.2) is 24.4 Å². The van der Waals surface area contributed by atoms with Crippen LogP contribution in [0.1, 0.15) is 19.5 Å². The summed E-state index contributed by atoms with van der Waals surface area (Å²) in [7, 11) is 0. The molecular formula is C13H13N3O2. The maximum atomic E-state index is 12.3. The van der Waals surface area contributed by atoms with Gasteiger partial charge in [-0.1, -0.05) is 12.0 Å². The highest BCUT2D eigenvalue weighted by Crippen LogP contribution is 2.26. The number of hydrogen-bond donors (Lipinski definition) is 1. The van der Waals surface area contributed by atoms with Crippen molar-refractivity contribution in [2.24, 2.45) is 0 Å². The average molecular weight is 243 g/mol. The van der Waals surface area contributed by atoms with Crippen LogP contribution >= 0.6 is 0 Å². The van der Waals surface area contributed by atoms with E-state index in [1.165, 1.54) is 0 Å². The largest absolute Gasteiger partial charge is 0.326 e. The van der Waals surface area contributed by atoms with Gasteiger partial charge in [0.2, 0.25) is 0 Å². The lowest BCUT2D eigenvalue weighted by molar-refractivity contribution is -0.130. The van der Waals surface area contributed by atoms with Crippen LogP contribution < -0.4 is 5.32 Å². The van der Waals surface area contributed by atoms with Gasteiger partial charge in [0.15, 0.2) is 5.54 Å². The SMILES string of the molecule is CC#CCN1C(=O)N[C@@](C)(c2ccccn2)C1=O. The van der Waals surface area contributed by atoms with Crippen molar-refractivity contribution < 1.29 is 9.59 Å². The highest BCUT2D eigenvalue weighted by molar-refractivity contribution is 6.07. The fourth-order valence-electron chi connectivity index (χ4n) is 1.83. The molecule has 1 fully saturated rings. The van der Waals surface area contributed by atoms with Gasteiger partial charge in [0.1, 0.15) is 0 Å². The molecule has 1 aliphatic heterocycles. The van der Waals surface area contributed by atoms with E-state index in [4.69, 9.17) is 0 Å². The summed E-state index contributed by atoms with van der Waals surface area (Å²) < 4.78 is 0. The molecular weight excluding hydrogens is 230 g/mol. The van der Waals surface area contributed by atoms with Gasteiger partial charge in [-0.25, -0.2) is 4.79 Å². The van der Waals surface area contributed by atoms with E-state index in [1.54, 1.807) is 38.2 Å². The van der Waals surface area contributed by atoms with E-state index in [2.05, 4.69) is 22.1 Å². The molecule has 5 heteroatoms. The van der Waals surface area contributed by atoms with E-state index in [0.29, 0.717) is 5.69 Å². The summed E-state index contributed by atoms with van der Waals surface area (Å²) in [5, 5.41) is 2.66. The number of carbonyl (C=O) groups excluding carboxylic acids is 2. The van der Waals surface area contributed by atoms with Crippen LogP contribution in [-0.2, 0) is 10.3 Å². The smallest absolute Gasteiger partial charge is 0.318 e. The first-order chi connectivity index (χ1) is 8.59. The molecule has 0 aromatic carbocycles. The Labute approximate surface area is 105 Å². The molecule has 1 aromatic rings. The Kier molecular flexibility index (Phi) is 3.02. The van der Waals surface area contributed by atoms with Crippen molar-refractivity contribution in [2.45, 2.75) is 19.4 Å². The van der Waals surface area contributed by atoms with Gasteiger partial charge in [0, 0.05) is 6.20 Å². The fraction of sp³-hybridized carbons (Fsp3) is 0.308. The van der Waals surface area contributed by atoms with Crippen molar-refractivity contribution in [2.75, 3.05) is 6.54 Å². The van der Waals surface area contributed by atoms with Gasteiger partial charge in [-0.3, -0.25) is 14.7 Å². The molecule has 2 heterocycles. The van der Waals surface area contributed by atoms with Crippen LogP contribution in [0.4, 0.5) is 4.79 Å². The number of imide groups is 1. The lowest BCUT2D eigenvalue weighted by Crippen LogP contribution is -2.41. The van der Waals surface area contributed by atoms with Crippen LogP contribution in [0, 0.1) is 11.8 Å². The van der Waals surface area contributed by atoms with E-state index >= 15 is 0 Å². The molecule has 92 valence electrons. The molecule has 1 aliphatic rings. The Bertz CT molecular complexity index is 544. The topological polar surface area (TPSA) is 62.3 Å². The van der Waals surface area contributed by atoms with Crippen molar-refractivity contribution in [3.05, 3.63) is 30.1 Å². The summed E-state index contributed by atoms with van der Waals surface area (Å²) >= 11 is 0. The minimum atomic E-state index is -1.10. The normalized spacial score (nSPS) is 22.4. The maximum absolute atomic E-state index is 12.3. The van der Waals surface area contributed by atoms with Gasteiger partial charge in [0.25, 0.3) is 5.91 Å². The van der Waals surface area contributed by atoms with Crippen molar-refractivity contribution in [3.63, 3.8) is 0 Å². The van der Waals surface area contributed by atoms with Gasteiger partial charge >= 0.3 is 6.03 Å². The number of nitrogens with one attached hydrogen (secondary N) is 1. The lowest BCUT2D eigenvalue weighted by atomic mass is 9.97. The molecule has 0 unspecified atom stereocenters. The third-order valence-electron chi connectivity index (χ3n) is 2.87. The van der Waals surface area contributed by atoms with Crippen LogP contribution in [0.3, 0.4) is 0 Å². The lowest BCUT2D eigenvalue weighted by Gasteiger charge is -2.20. The molecule has 1 atom stereocenters. The number of carbonyl (C=O) groups is 2. The number of nitrogens with zero attached hydrogens (tertiary/aromatic N) is 2. The predicted octanol–water partition coefficient (Wildman–Crippen LogP) is 0.872. The highest BCUT2D eigenvalue weighted by Gasteiger charge is 2.49. The first kappa shape index (κ1) is 12.1. The number of aromatic nitrogens is 1. The second-order valence-corrected chi connectivity index (χ2v) is 4.09. The molecule has 18 heavy (non-hydrogen) atoms. The number of hydrogen-bond acceptors (Lipinski definition) is 3. The van der Waals surface area contributed by atoms with Crippen molar-refractivity contribution in [3.8, 4) is 11.8 Å². The zero-order valence-electron chi connectivity index (χ0n) is 10.2. The van der Waals surface area contributed by atoms with Gasteiger partial charge in [-0.05, 0) is 26.0 Å². The Morgan fingerprint density at radius 1 is 1.44 bits per heavy atom. The van der Waals surface area contributed by atoms with Gasteiger partial charge in [-0.2, -0.15) is 0 Å². The number of rotatable bonds is 2. The maximum Gasteiger partial charge on any atom is 0.326 e. The zero-order valence-corrected chi connectivity index (χ0v) is 10.2. The van der Waals surface area contributed by atoms with E-state index in [-0.39, 0.29) is 12.5 Å². The predicted molar refractivity (Wildman–Crippen MR) is 65.3 cm³/mol. The van der Waals surface area contributed by atoms with Crippen LogP contribution in [-0.4, -0.2) is 28.4 Å². The first-order valence-corrected chi connectivity index (χ1v) is 5.55. The quantitative estimate of drug-likeness (QED) is 0.619. The molecule has 0 radical (unpaired) electrons. The second-order valence-electron chi connectivity index (χ2n) is 4.09. The van der Waals surface area contributed by atoms with E-state index < -0.39 is 11.6 Å². The summed E-state index contributed by atoms with van der Waals surface area (Å²) in [5.41, 5.74) is -0.580. The van der Waals surface area contributed by atoms with E-state index in [0.717, 1.165) is 4.90 Å². The summed E-state index contributed by atoms with van der Waals surface area (Å²) in [6.07, 6.45) is 1.59. The Hall–Kier alpha value is -2.35. The highest BCUT2D eigenvalue weighted by atomic mass is 16.2. The summed E-state index contributed by atoms with van der Waals surface area (Å²) in [5.74, 6) is 5.05. The third-order valence-corrected chi connectivity index (χ3v) is 2.87. The molecule has 0 bridgehead atoms. The number of pyridine rings is 1.